The summed E-state index contributed by atoms with van der Waals surface area (Å²) in [4.78, 5) is 10.1. The van der Waals surface area contributed by atoms with Gasteiger partial charge in [-0.25, -0.2) is 9.98 Å². The van der Waals surface area contributed by atoms with Crippen molar-refractivity contribution in [1.29, 1.82) is 0 Å². The maximum Gasteiger partial charge on any atom is 0.119 e. The summed E-state index contributed by atoms with van der Waals surface area (Å²) in [6, 6.07) is 35.9. The fourth-order valence-electron chi connectivity index (χ4n) is 3.53. The van der Waals surface area contributed by atoms with Crippen molar-refractivity contribution >= 4 is 22.8 Å². The number of hydrogen-bond acceptors (Lipinski definition) is 4. The van der Waals surface area contributed by atoms with Crippen molar-refractivity contribution in [2.45, 2.75) is 13.8 Å². The first-order valence-corrected chi connectivity index (χ1v) is 11.5. The lowest BCUT2D eigenvalue weighted by atomic mass is 9.99. The molecule has 0 fully saturated rings. The third kappa shape index (κ3) is 5.99. The minimum absolute atomic E-state index is 0.630. The van der Waals surface area contributed by atoms with Crippen LogP contribution in [0.2, 0.25) is 0 Å². The van der Waals surface area contributed by atoms with Crippen molar-refractivity contribution in [1.82, 2.24) is 0 Å². The van der Waals surface area contributed by atoms with Crippen molar-refractivity contribution in [3.63, 3.8) is 0 Å². The fraction of sp³-hybridized carbons (Fsp3) is 0.133. The lowest BCUT2D eigenvalue weighted by Crippen LogP contribution is -2.17. The summed E-state index contributed by atoms with van der Waals surface area (Å²) in [7, 11) is 0. The molecule has 0 N–H and O–H groups in total. The van der Waals surface area contributed by atoms with Gasteiger partial charge in [-0.1, -0.05) is 60.7 Å². The molecule has 34 heavy (non-hydrogen) atoms. The molecule has 0 unspecified atom stereocenters. The second-order valence-electron chi connectivity index (χ2n) is 7.51. The first-order chi connectivity index (χ1) is 16.8. The van der Waals surface area contributed by atoms with E-state index in [4.69, 9.17) is 19.5 Å². The quantitative estimate of drug-likeness (QED) is 0.250. The molecule has 0 aliphatic heterocycles. The number of aliphatic imine (C=N–C) groups is 2. The fourth-order valence-corrected chi connectivity index (χ4v) is 3.53. The van der Waals surface area contributed by atoms with E-state index in [1.807, 2.05) is 98.8 Å². The van der Waals surface area contributed by atoms with E-state index in [1.54, 1.807) is 0 Å². The van der Waals surface area contributed by atoms with Crippen LogP contribution in [0.1, 0.15) is 25.0 Å². The molecule has 0 saturated carbocycles. The van der Waals surface area contributed by atoms with Crippen molar-refractivity contribution in [2.24, 2.45) is 9.98 Å². The summed E-state index contributed by atoms with van der Waals surface area (Å²) >= 11 is 0. The van der Waals surface area contributed by atoms with Gasteiger partial charge in [0, 0.05) is 11.1 Å². The van der Waals surface area contributed by atoms with Crippen LogP contribution in [0.25, 0.3) is 0 Å². The van der Waals surface area contributed by atoms with Crippen LogP contribution in [0.3, 0.4) is 0 Å². The molecule has 4 nitrogen and oxygen atoms in total. The molecule has 0 spiro atoms. The van der Waals surface area contributed by atoms with Crippen LogP contribution in [0, 0.1) is 0 Å². The molecular weight excluding hydrogens is 420 g/mol. The molecule has 0 bridgehead atoms. The molecule has 0 atom stereocenters. The van der Waals surface area contributed by atoms with Crippen molar-refractivity contribution in [3.8, 4) is 11.5 Å². The predicted molar refractivity (Wildman–Crippen MR) is 140 cm³/mol. The third-order valence-corrected chi connectivity index (χ3v) is 5.10. The minimum atomic E-state index is 0.630. The van der Waals surface area contributed by atoms with Gasteiger partial charge in [-0.05, 0) is 62.4 Å². The zero-order valence-corrected chi connectivity index (χ0v) is 19.5. The topological polar surface area (TPSA) is 43.2 Å². The minimum Gasteiger partial charge on any atom is -0.494 e. The molecule has 0 aliphatic carbocycles. The van der Waals surface area contributed by atoms with Crippen LogP contribution in [-0.4, -0.2) is 24.6 Å². The number of benzene rings is 4. The highest BCUT2D eigenvalue weighted by atomic mass is 16.5. The van der Waals surface area contributed by atoms with Crippen molar-refractivity contribution in [2.75, 3.05) is 13.2 Å². The van der Waals surface area contributed by atoms with E-state index >= 15 is 0 Å². The number of hydrogen-bond donors (Lipinski definition) is 0. The maximum atomic E-state index is 5.59. The number of ether oxygens (including phenoxy) is 2. The van der Waals surface area contributed by atoms with Gasteiger partial charge in [0.2, 0.25) is 0 Å². The summed E-state index contributed by atoms with van der Waals surface area (Å²) in [5.74, 6) is 1.66. The Morgan fingerprint density at radius 2 is 0.853 bits per heavy atom. The predicted octanol–water partition coefficient (Wildman–Crippen LogP) is 7.43. The zero-order chi connectivity index (χ0) is 23.6. The molecule has 170 valence electrons. The molecular formula is C30H28N2O2. The Hall–Kier alpha value is -4.18. The summed E-state index contributed by atoms with van der Waals surface area (Å²) in [5, 5.41) is 0. The van der Waals surface area contributed by atoms with Crippen LogP contribution in [0.15, 0.2) is 119 Å². The Morgan fingerprint density at radius 1 is 0.500 bits per heavy atom. The number of nitrogens with zero attached hydrogens (tertiary/aromatic N) is 2. The monoisotopic (exact) mass is 448 g/mol. The normalized spacial score (nSPS) is 11.8. The molecule has 0 aliphatic rings. The Bertz CT molecular complexity index is 1130. The van der Waals surface area contributed by atoms with E-state index in [2.05, 4.69) is 24.3 Å². The SMILES string of the molecule is CCOc1ccc(N=C(C(=Nc2ccc(OCC)cc2)c2ccccc2)c2ccccc2)cc1. The molecule has 4 aromatic rings. The molecule has 0 heterocycles. The molecule has 4 rings (SSSR count). The molecule has 0 aromatic heterocycles. The summed E-state index contributed by atoms with van der Waals surface area (Å²) in [6.07, 6.45) is 0. The van der Waals surface area contributed by atoms with E-state index in [9.17, 15) is 0 Å². The van der Waals surface area contributed by atoms with Crippen LogP contribution in [0.5, 0.6) is 11.5 Å². The summed E-state index contributed by atoms with van der Waals surface area (Å²) < 4.78 is 11.2. The van der Waals surface area contributed by atoms with E-state index in [-0.39, 0.29) is 0 Å². The van der Waals surface area contributed by atoms with Crippen molar-refractivity contribution in [3.05, 3.63) is 120 Å². The maximum absolute atomic E-state index is 5.59. The first kappa shape index (κ1) is 23.0. The van der Waals surface area contributed by atoms with Gasteiger partial charge in [-0.15, -0.1) is 0 Å². The lowest BCUT2D eigenvalue weighted by molar-refractivity contribution is 0.340. The van der Waals surface area contributed by atoms with Crippen molar-refractivity contribution < 1.29 is 9.47 Å². The summed E-state index contributed by atoms with van der Waals surface area (Å²) in [5.41, 5.74) is 5.24. The molecule has 0 amide bonds. The smallest absolute Gasteiger partial charge is 0.119 e. The van der Waals surface area contributed by atoms with E-state index in [1.165, 1.54) is 0 Å². The van der Waals surface area contributed by atoms with E-state index < -0.39 is 0 Å². The van der Waals surface area contributed by atoms with E-state index in [0.29, 0.717) is 13.2 Å². The van der Waals surface area contributed by atoms with Gasteiger partial charge in [0.15, 0.2) is 0 Å². The average molecular weight is 449 g/mol. The highest BCUT2D eigenvalue weighted by molar-refractivity contribution is 6.54. The third-order valence-electron chi connectivity index (χ3n) is 5.10. The first-order valence-electron chi connectivity index (χ1n) is 11.5. The average Bonchev–Trinajstić information content (AvgIpc) is 2.89. The van der Waals surface area contributed by atoms with Gasteiger partial charge in [0.05, 0.1) is 36.0 Å². The molecule has 4 heteroatoms. The van der Waals surface area contributed by atoms with Crippen LogP contribution < -0.4 is 9.47 Å². The Labute approximate surface area is 201 Å². The van der Waals surface area contributed by atoms with Gasteiger partial charge >= 0.3 is 0 Å². The molecule has 0 saturated heterocycles. The highest BCUT2D eigenvalue weighted by Crippen LogP contribution is 2.24. The Balaban J connectivity index is 1.84. The second-order valence-corrected chi connectivity index (χ2v) is 7.51. The second kappa shape index (κ2) is 11.6. The molecule has 4 aromatic carbocycles. The van der Waals surface area contributed by atoms with Gasteiger partial charge in [0.25, 0.3) is 0 Å². The van der Waals surface area contributed by atoms with Gasteiger partial charge in [0.1, 0.15) is 11.5 Å². The van der Waals surface area contributed by atoms with Gasteiger partial charge < -0.3 is 9.47 Å². The Morgan fingerprint density at radius 3 is 1.18 bits per heavy atom. The standard InChI is InChI=1S/C30H28N2O2/c1-3-33-27-19-15-25(16-20-27)31-29(23-11-7-5-8-12-23)30(24-13-9-6-10-14-24)32-26-17-21-28(22-18-26)34-4-2/h5-22H,3-4H2,1-2H3. The van der Waals surface area contributed by atoms with Crippen LogP contribution in [-0.2, 0) is 0 Å². The largest absolute Gasteiger partial charge is 0.494 e. The summed E-state index contributed by atoms with van der Waals surface area (Å²) in [6.45, 7) is 5.21. The van der Waals surface area contributed by atoms with Gasteiger partial charge in [-0.3, -0.25) is 0 Å². The van der Waals surface area contributed by atoms with Crippen LogP contribution in [0.4, 0.5) is 11.4 Å². The highest BCUT2D eigenvalue weighted by Gasteiger charge is 2.15. The van der Waals surface area contributed by atoms with Crippen LogP contribution >= 0.6 is 0 Å². The Kier molecular flexibility index (Phi) is 7.86. The number of rotatable bonds is 9. The molecule has 0 radical (unpaired) electrons. The zero-order valence-electron chi connectivity index (χ0n) is 19.5. The van der Waals surface area contributed by atoms with Gasteiger partial charge in [-0.2, -0.15) is 0 Å². The van der Waals surface area contributed by atoms with E-state index in [0.717, 1.165) is 45.4 Å². The lowest BCUT2D eigenvalue weighted by Gasteiger charge is -2.13.